The molecule has 3 heterocycles. The second kappa shape index (κ2) is 15.8. The van der Waals surface area contributed by atoms with Crippen LogP contribution in [0.15, 0.2) is 79.0 Å². The number of phenols is 4. The number of ether oxygens (including phenoxy) is 2. The zero-order valence-corrected chi connectivity index (χ0v) is 31.3. The first-order valence-electron chi connectivity index (χ1n) is 18.1. The van der Waals surface area contributed by atoms with Crippen molar-refractivity contribution in [1.82, 2.24) is 29.8 Å². The number of anilines is 1. The maximum atomic E-state index is 14.4. The molecule has 0 saturated heterocycles. The van der Waals surface area contributed by atoms with Crippen molar-refractivity contribution in [3.05, 3.63) is 95.7 Å². The second-order valence-electron chi connectivity index (χ2n) is 13.6. The van der Waals surface area contributed by atoms with Crippen molar-refractivity contribution in [3.63, 3.8) is 0 Å². The van der Waals surface area contributed by atoms with Crippen LogP contribution in [0.2, 0.25) is 0 Å². The summed E-state index contributed by atoms with van der Waals surface area (Å²) < 4.78 is 55.9. The Bertz CT molecular complexity index is 2640. The van der Waals surface area contributed by atoms with Crippen LogP contribution in [0.1, 0.15) is 35.3 Å². The number of carbonyl (C=O) groups is 1. The molecule has 0 aliphatic carbocycles. The largest absolute Gasteiger partial charge is 0.504 e. The van der Waals surface area contributed by atoms with Crippen molar-refractivity contribution >= 4 is 33.8 Å². The molecule has 7 aromatic rings. The number of amides is 1. The number of imidazole rings is 2. The number of methoxy groups -OCH3 is 1. The van der Waals surface area contributed by atoms with Gasteiger partial charge in [0.2, 0.25) is 11.5 Å². The average molecular weight is 798 g/mol. The Morgan fingerprint density at radius 3 is 2.41 bits per heavy atom. The Kier molecular flexibility index (Phi) is 10.6. The van der Waals surface area contributed by atoms with Gasteiger partial charge in [-0.05, 0) is 80.4 Å². The highest BCUT2D eigenvalue weighted by molar-refractivity contribution is 5.94. The molecule has 58 heavy (non-hydrogen) atoms. The summed E-state index contributed by atoms with van der Waals surface area (Å²) in [6, 6.07) is 19.5. The summed E-state index contributed by atoms with van der Waals surface area (Å²) >= 11 is 0. The molecule has 7 N–H and O–H groups in total. The fourth-order valence-corrected chi connectivity index (χ4v) is 6.64. The van der Waals surface area contributed by atoms with Crippen LogP contribution in [0.3, 0.4) is 0 Å². The van der Waals surface area contributed by atoms with Gasteiger partial charge in [0.1, 0.15) is 22.7 Å². The molecule has 17 heteroatoms. The van der Waals surface area contributed by atoms with Gasteiger partial charge in [-0.25, -0.2) is 15.0 Å². The second-order valence-corrected chi connectivity index (χ2v) is 13.6. The van der Waals surface area contributed by atoms with Gasteiger partial charge in [-0.2, -0.15) is 13.2 Å². The van der Waals surface area contributed by atoms with Gasteiger partial charge < -0.3 is 50.1 Å². The Labute approximate surface area is 328 Å². The summed E-state index contributed by atoms with van der Waals surface area (Å²) in [4.78, 5) is 29.5. The van der Waals surface area contributed by atoms with Crippen molar-refractivity contribution in [2.45, 2.75) is 39.1 Å². The van der Waals surface area contributed by atoms with Gasteiger partial charge in [0.15, 0.2) is 28.6 Å². The van der Waals surface area contributed by atoms with E-state index in [1.165, 1.54) is 6.07 Å². The lowest BCUT2D eigenvalue weighted by Crippen LogP contribution is -2.28. The fourth-order valence-electron chi connectivity index (χ4n) is 6.64. The number of hydrogen-bond donors (Lipinski definition) is 7. The monoisotopic (exact) mass is 797 g/mol. The number of fused-ring (bicyclic) bond motifs is 2. The van der Waals surface area contributed by atoms with Crippen LogP contribution in [0.25, 0.3) is 45.0 Å². The first-order valence-corrected chi connectivity index (χ1v) is 18.1. The Morgan fingerprint density at radius 2 is 1.69 bits per heavy atom. The molecule has 7 rings (SSSR count). The number of H-pyrrole nitrogens is 1. The number of rotatable bonds is 13. The van der Waals surface area contributed by atoms with Gasteiger partial charge in [0.05, 0.1) is 24.2 Å². The Balaban J connectivity index is 1.29. The molecule has 0 atom stereocenters. The third-order valence-electron chi connectivity index (χ3n) is 9.22. The van der Waals surface area contributed by atoms with Crippen LogP contribution in [-0.2, 0) is 19.1 Å². The lowest BCUT2D eigenvalue weighted by atomic mass is 10.0. The smallest absolute Gasteiger partial charge is 0.420 e. The molecular formula is C41H38F3N7O7. The quantitative estimate of drug-likeness (QED) is 0.0454. The number of nitrogens with one attached hydrogen (secondary N) is 3. The third kappa shape index (κ3) is 7.78. The van der Waals surface area contributed by atoms with Gasteiger partial charge in [-0.3, -0.25) is 4.79 Å². The number of aromatic nitrogens is 5. The zero-order chi connectivity index (χ0) is 41.3. The van der Waals surface area contributed by atoms with Gasteiger partial charge in [0.25, 0.3) is 5.91 Å². The summed E-state index contributed by atoms with van der Waals surface area (Å²) in [5.41, 5.74) is 1.70. The molecule has 0 unspecified atom stereocenters. The summed E-state index contributed by atoms with van der Waals surface area (Å²) in [7, 11) is 1.14. The molecule has 0 aliphatic rings. The molecule has 0 aliphatic heterocycles. The SMILES string of the molecule is COc1cc(-c2nc3c(CCn4c(-c5cc(O)c(O)c(OC(C)C)c5)nc5cccnc54)cc(NCCNC(=O)c4ccccc4)cc3[nH]2)c(C(F)(F)F)c(O)c1O. The highest BCUT2D eigenvalue weighted by atomic mass is 19.4. The van der Waals surface area contributed by atoms with E-state index >= 15 is 0 Å². The fraction of sp³-hybridized carbons (Fsp3) is 0.220. The van der Waals surface area contributed by atoms with E-state index in [4.69, 9.17) is 14.5 Å². The molecule has 14 nitrogen and oxygen atoms in total. The lowest BCUT2D eigenvalue weighted by Gasteiger charge is -2.16. The first-order chi connectivity index (χ1) is 27.7. The predicted octanol–water partition coefficient (Wildman–Crippen LogP) is 7.36. The van der Waals surface area contributed by atoms with E-state index in [1.54, 1.807) is 80.7 Å². The van der Waals surface area contributed by atoms with Crippen molar-refractivity contribution in [1.29, 1.82) is 0 Å². The van der Waals surface area contributed by atoms with E-state index in [0.29, 0.717) is 50.4 Å². The van der Waals surface area contributed by atoms with E-state index in [-0.39, 0.29) is 49.6 Å². The van der Waals surface area contributed by atoms with Crippen molar-refractivity contribution in [2.24, 2.45) is 0 Å². The van der Waals surface area contributed by atoms with E-state index in [0.717, 1.165) is 13.2 Å². The number of alkyl halides is 3. The zero-order valence-electron chi connectivity index (χ0n) is 31.3. The predicted molar refractivity (Wildman–Crippen MR) is 209 cm³/mol. The lowest BCUT2D eigenvalue weighted by molar-refractivity contribution is -0.138. The topological polar surface area (TPSA) is 200 Å². The van der Waals surface area contributed by atoms with Crippen molar-refractivity contribution in [2.75, 3.05) is 25.5 Å². The number of benzene rings is 4. The summed E-state index contributed by atoms with van der Waals surface area (Å²) in [6.45, 7) is 4.29. The van der Waals surface area contributed by atoms with E-state index < -0.39 is 46.1 Å². The Morgan fingerprint density at radius 1 is 0.914 bits per heavy atom. The van der Waals surface area contributed by atoms with Crippen LogP contribution in [0.5, 0.6) is 34.5 Å². The number of nitrogens with zero attached hydrogens (tertiary/aromatic N) is 4. The molecule has 0 bridgehead atoms. The van der Waals surface area contributed by atoms with Crippen molar-refractivity contribution < 1.29 is 47.9 Å². The minimum absolute atomic E-state index is 0.0520. The molecule has 300 valence electrons. The van der Waals surface area contributed by atoms with E-state index in [2.05, 4.69) is 25.6 Å². The summed E-state index contributed by atoms with van der Waals surface area (Å²) in [5.74, 6) is -3.78. The molecule has 0 saturated carbocycles. The summed E-state index contributed by atoms with van der Waals surface area (Å²) in [5, 5.41) is 48.1. The standard InChI is InChI=1S/C41H38F3N7O7/c1-21(2)58-31-18-24(17-29(52)34(31)53)38-49-27-10-7-12-46-39(27)51(38)15-11-23-16-25(45-13-14-47-40(56)22-8-5-4-6-9-22)19-28-33(23)50-37(48-28)26-20-30(57-3)35(54)36(55)32(26)41(42,43)44/h4-10,12,16-21,45,52-55H,11,13-15H2,1-3H3,(H,47,56)(H,48,50). The van der Waals surface area contributed by atoms with Crippen LogP contribution in [-0.4, -0.2) is 77.1 Å². The van der Waals surface area contributed by atoms with Gasteiger partial charge in [-0.15, -0.1) is 0 Å². The minimum atomic E-state index is -5.09. The number of phenolic OH excluding ortho intramolecular Hbond substituents is 4. The first kappa shape index (κ1) is 39.1. The number of halogens is 3. The van der Waals surface area contributed by atoms with Crippen LogP contribution in [0, 0.1) is 0 Å². The van der Waals surface area contributed by atoms with E-state index in [1.807, 2.05) is 4.57 Å². The van der Waals surface area contributed by atoms with Gasteiger partial charge in [-0.1, -0.05) is 18.2 Å². The molecule has 3 aromatic heterocycles. The number of hydrogen-bond acceptors (Lipinski definition) is 11. The number of carbonyl (C=O) groups excluding carboxylic acids is 1. The average Bonchev–Trinajstić information content (AvgIpc) is 3.80. The Hall–Kier alpha value is -7.17. The maximum Gasteiger partial charge on any atom is 0.420 e. The molecule has 0 fully saturated rings. The minimum Gasteiger partial charge on any atom is -0.504 e. The molecular weight excluding hydrogens is 759 g/mol. The normalized spacial score (nSPS) is 11.7. The van der Waals surface area contributed by atoms with E-state index in [9.17, 15) is 38.4 Å². The van der Waals surface area contributed by atoms with Gasteiger partial charge in [0, 0.05) is 48.2 Å². The number of aryl methyl sites for hydroxylation is 2. The number of aromatic hydroxyl groups is 4. The third-order valence-corrected chi connectivity index (χ3v) is 9.22. The highest BCUT2D eigenvalue weighted by Gasteiger charge is 2.40. The number of pyridine rings is 1. The van der Waals surface area contributed by atoms with Crippen LogP contribution < -0.4 is 20.1 Å². The van der Waals surface area contributed by atoms with Gasteiger partial charge >= 0.3 is 6.18 Å². The van der Waals surface area contributed by atoms with Crippen molar-refractivity contribution in [3.8, 4) is 57.3 Å². The molecule has 4 aromatic carbocycles. The molecule has 0 spiro atoms. The molecule has 0 radical (unpaired) electrons. The highest BCUT2D eigenvalue weighted by Crippen LogP contribution is 2.50. The number of aromatic amines is 1. The molecule has 1 amide bonds. The maximum absolute atomic E-state index is 14.4. The van der Waals surface area contributed by atoms with Crippen LogP contribution in [0.4, 0.5) is 18.9 Å². The summed E-state index contributed by atoms with van der Waals surface area (Å²) in [6.07, 6.45) is -3.57. The van der Waals surface area contributed by atoms with Crippen LogP contribution >= 0.6 is 0 Å².